The molecule has 0 saturated heterocycles. The third-order valence-corrected chi connectivity index (χ3v) is 2.37. The monoisotopic (exact) mass is 248 g/mol. The van der Waals surface area contributed by atoms with Crippen LogP contribution in [0.5, 0.6) is 0 Å². The third kappa shape index (κ3) is 1.54. The Balaban J connectivity index is 2.24. The van der Waals surface area contributed by atoms with Crippen LogP contribution in [0.25, 0.3) is 22.6 Å². The van der Waals surface area contributed by atoms with Crippen LogP contribution in [-0.4, -0.2) is 25.1 Å². The fourth-order valence-electron chi connectivity index (χ4n) is 1.55. The number of anilines is 1. The fourth-order valence-corrected chi connectivity index (χ4v) is 1.55. The molecule has 0 aliphatic rings. The molecule has 0 radical (unpaired) electrons. The molecule has 6 nitrogen and oxygen atoms in total. The molecule has 0 spiro atoms. The Morgan fingerprint density at radius 3 is 2.78 bits per heavy atom. The van der Waals surface area contributed by atoms with E-state index in [-0.39, 0.29) is 11.6 Å². The maximum Gasteiger partial charge on any atom is 0.183 e. The Kier molecular flexibility index (Phi) is 2.15. The number of halogens is 2. The first-order valence-corrected chi connectivity index (χ1v) is 4.93. The molecule has 3 aromatic heterocycles. The molecule has 0 atom stereocenters. The zero-order valence-electron chi connectivity index (χ0n) is 8.85. The van der Waals surface area contributed by atoms with Crippen LogP contribution in [-0.2, 0) is 0 Å². The van der Waals surface area contributed by atoms with Crippen LogP contribution in [0.2, 0.25) is 0 Å². The van der Waals surface area contributed by atoms with Gasteiger partial charge < -0.3 is 5.73 Å². The lowest BCUT2D eigenvalue weighted by atomic mass is 10.2. The van der Waals surface area contributed by atoms with Gasteiger partial charge in [0.1, 0.15) is 11.5 Å². The van der Waals surface area contributed by atoms with Gasteiger partial charge in [-0.25, -0.2) is 23.7 Å². The van der Waals surface area contributed by atoms with E-state index < -0.39 is 11.6 Å². The van der Waals surface area contributed by atoms with Crippen molar-refractivity contribution in [2.24, 2.45) is 0 Å². The van der Waals surface area contributed by atoms with Crippen molar-refractivity contribution in [1.29, 1.82) is 0 Å². The van der Waals surface area contributed by atoms with E-state index in [4.69, 9.17) is 5.73 Å². The zero-order chi connectivity index (χ0) is 12.7. The Labute approximate surface area is 98.9 Å². The summed E-state index contributed by atoms with van der Waals surface area (Å²) in [7, 11) is 0. The van der Waals surface area contributed by atoms with Gasteiger partial charge in [0.15, 0.2) is 23.1 Å². The second-order valence-corrected chi connectivity index (χ2v) is 3.55. The quantitative estimate of drug-likeness (QED) is 0.676. The molecule has 18 heavy (non-hydrogen) atoms. The molecule has 8 heteroatoms. The minimum absolute atomic E-state index is 0.129. The number of H-pyrrole nitrogens is 1. The van der Waals surface area contributed by atoms with Crippen LogP contribution >= 0.6 is 0 Å². The van der Waals surface area contributed by atoms with Crippen molar-refractivity contribution in [2.75, 3.05) is 5.73 Å². The number of hydrogen-bond acceptors (Lipinski definition) is 5. The average molecular weight is 248 g/mol. The SMILES string of the molecule is Nc1nc(-c2[nH]nc3ncc(F)cc23)ncc1F. The summed E-state index contributed by atoms with van der Waals surface area (Å²) in [4.78, 5) is 11.3. The summed E-state index contributed by atoms with van der Waals surface area (Å²) in [5, 5.41) is 6.90. The topological polar surface area (TPSA) is 93.4 Å². The number of pyridine rings is 1. The lowest BCUT2D eigenvalue weighted by Crippen LogP contribution is -1.99. The van der Waals surface area contributed by atoms with Gasteiger partial charge in [0.2, 0.25) is 0 Å². The minimum atomic E-state index is -0.716. The summed E-state index contributed by atoms with van der Waals surface area (Å²) in [6, 6.07) is 1.24. The first kappa shape index (κ1) is 10.5. The van der Waals surface area contributed by atoms with Crippen molar-refractivity contribution in [2.45, 2.75) is 0 Å². The van der Waals surface area contributed by atoms with E-state index >= 15 is 0 Å². The van der Waals surface area contributed by atoms with Crippen molar-refractivity contribution >= 4 is 16.9 Å². The second kappa shape index (κ2) is 3.69. The molecule has 0 aliphatic heterocycles. The van der Waals surface area contributed by atoms with Gasteiger partial charge in [0, 0.05) is 0 Å². The van der Waals surface area contributed by atoms with E-state index in [0.717, 1.165) is 12.4 Å². The van der Waals surface area contributed by atoms with Crippen molar-refractivity contribution in [1.82, 2.24) is 25.1 Å². The number of nitrogens with zero attached hydrogens (tertiary/aromatic N) is 4. The summed E-state index contributed by atoms with van der Waals surface area (Å²) in [5.41, 5.74) is 6.00. The van der Waals surface area contributed by atoms with Gasteiger partial charge in [-0.1, -0.05) is 0 Å². The van der Waals surface area contributed by atoms with Crippen LogP contribution < -0.4 is 5.73 Å². The van der Waals surface area contributed by atoms with E-state index in [0.29, 0.717) is 16.7 Å². The van der Waals surface area contributed by atoms with Crippen LogP contribution in [0.3, 0.4) is 0 Å². The van der Waals surface area contributed by atoms with Crippen molar-refractivity contribution in [3.8, 4) is 11.5 Å². The Morgan fingerprint density at radius 1 is 1.17 bits per heavy atom. The summed E-state index contributed by atoms with van der Waals surface area (Å²) in [5.74, 6) is -1.39. The van der Waals surface area contributed by atoms with E-state index in [9.17, 15) is 8.78 Å². The Bertz CT molecular complexity index is 738. The number of nitrogens with one attached hydrogen (secondary N) is 1. The minimum Gasteiger partial charge on any atom is -0.381 e. The first-order valence-electron chi connectivity index (χ1n) is 4.93. The highest BCUT2D eigenvalue weighted by Crippen LogP contribution is 2.23. The van der Waals surface area contributed by atoms with Gasteiger partial charge in [-0.2, -0.15) is 5.10 Å². The van der Waals surface area contributed by atoms with E-state index in [2.05, 4.69) is 25.1 Å². The number of nitrogen functional groups attached to an aromatic ring is 1. The molecule has 3 rings (SSSR count). The van der Waals surface area contributed by atoms with E-state index in [1.165, 1.54) is 6.07 Å². The van der Waals surface area contributed by atoms with Gasteiger partial charge in [-0.3, -0.25) is 5.10 Å². The molecule has 0 fully saturated rings. The standard InChI is InChI=1S/C10H6F2N6/c11-4-1-5-7(17-18-9(5)14-2-4)10-15-3-6(12)8(13)16-10/h1-3H,(H2,13,15,16)(H,14,17,18). The lowest BCUT2D eigenvalue weighted by Gasteiger charge is -1.99. The fraction of sp³-hybridized carbons (Fsp3) is 0. The number of rotatable bonds is 1. The highest BCUT2D eigenvalue weighted by molar-refractivity contribution is 5.88. The summed E-state index contributed by atoms with van der Waals surface area (Å²) in [6.07, 6.45) is 1.99. The largest absolute Gasteiger partial charge is 0.381 e. The zero-order valence-corrected chi connectivity index (χ0v) is 8.85. The maximum atomic E-state index is 13.1. The molecule has 0 aromatic carbocycles. The Morgan fingerprint density at radius 2 is 2.00 bits per heavy atom. The summed E-state index contributed by atoms with van der Waals surface area (Å²) < 4.78 is 26.1. The number of aromatic nitrogens is 5. The van der Waals surface area contributed by atoms with Gasteiger partial charge in [0.05, 0.1) is 17.8 Å². The highest BCUT2D eigenvalue weighted by atomic mass is 19.1. The molecule has 0 unspecified atom stereocenters. The second-order valence-electron chi connectivity index (χ2n) is 3.55. The summed E-state index contributed by atoms with van der Waals surface area (Å²) >= 11 is 0. The van der Waals surface area contributed by atoms with Crippen molar-refractivity contribution in [3.05, 3.63) is 30.1 Å². The van der Waals surface area contributed by atoms with Crippen LogP contribution in [0.1, 0.15) is 0 Å². The normalized spacial score (nSPS) is 11.0. The highest BCUT2D eigenvalue weighted by Gasteiger charge is 2.13. The van der Waals surface area contributed by atoms with Crippen LogP contribution in [0, 0.1) is 11.6 Å². The molecule has 0 aliphatic carbocycles. The molecular formula is C10H6F2N6. The molecule has 3 N–H and O–H groups in total. The number of hydrogen-bond donors (Lipinski definition) is 2. The van der Waals surface area contributed by atoms with Gasteiger partial charge in [0.25, 0.3) is 0 Å². The molecule has 3 heterocycles. The Hall–Kier alpha value is -2.64. The molecule has 0 saturated carbocycles. The van der Waals surface area contributed by atoms with Crippen LogP contribution in [0.4, 0.5) is 14.6 Å². The molecule has 90 valence electrons. The molecule has 3 aromatic rings. The molecule has 0 bridgehead atoms. The molecular weight excluding hydrogens is 242 g/mol. The van der Waals surface area contributed by atoms with Crippen molar-refractivity contribution in [3.63, 3.8) is 0 Å². The summed E-state index contributed by atoms with van der Waals surface area (Å²) in [6.45, 7) is 0. The smallest absolute Gasteiger partial charge is 0.183 e. The van der Waals surface area contributed by atoms with Crippen LogP contribution in [0.15, 0.2) is 18.5 Å². The van der Waals surface area contributed by atoms with Gasteiger partial charge >= 0.3 is 0 Å². The van der Waals surface area contributed by atoms with E-state index in [1.54, 1.807) is 0 Å². The number of aromatic amines is 1. The maximum absolute atomic E-state index is 13.1. The average Bonchev–Trinajstić information content (AvgIpc) is 2.75. The lowest BCUT2D eigenvalue weighted by molar-refractivity contribution is 0.620. The number of fused-ring (bicyclic) bond motifs is 1. The third-order valence-electron chi connectivity index (χ3n) is 2.37. The molecule has 0 amide bonds. The number of nitrogens with two attached hydrogens (primary N) is 1. The van der Waals surface area contributed by atoms with E-state index in [1.807, 2.05) is 0 Å². The predicted molar refractivity (Wildman–Crippen MR) is 59.2 cm³/mol. The van der Waals surface area contributed by atoms with Gasteiger partial charge in [-0.05, 0) is 6.07 Å². The first-order chi connectivity index (χ1) is 8.65. The van der Waals surface area contributed by atoms with Gasteiger partial charge in [-0.15, -0.1) is 0 Å². The van der Waals surface area contributed by atoms with Crippen molar-refractivity contribution < 1.29 is 8.78 Å². The predicted octanol–water partition coefficient (Wildman–Crippen LogP) is 1.28.